The predicted octanol–water partition coefficient (Wildman–Crippen LogP) is 4.27. The highest BCUT2D eigenvalue weighted by Gasteiger charge is 2.54. The van der Waals surface area contributed by atoms with Crippen LogP contribution in [0.4, 0.5) is 5.00 Å². The van der Waals surface area contributed by atoms with Crippen LogP contribution >= 0.6 is 11.3 Å². The average molecular weight is 390 g/mol. The summed E-state index contributed by atoms with van der Waals surface area (Å²) < 4.78 is 5.46. The van der Waals surface area contributed by atoms with Gasteiger partial charge in [0.05, 0.1) is 5.56 Å². The number of hydrogen-bond acceptors (Lipinski definition) is 5. The molecule has 0 unspecified atom stereocenters. The van der Waals surface area contributed by atoms with Gasteiger partial charge in [0.1, 0.15) is 5.00 Å². The minimum absolute atomic E-state index is 0.0978. The van der Waals surface area contributed by atoms with Crippen LogP contribution in [-0.4, -0.2) is 24.3 Å². The first-order chi connectivity index (χ1) is 12.8. The van der Waals surface area contributed by atoms with Gasteiger partial charge in [0, 0.05) is 17.2 Å². The van der Waals surface area contributed by atoms with Crippen LogP contribution in [-0.2, 0) is 14.3 Å². The lowest BCUT2D eigenvalue weighted by Crippen LogP contribution is -2.51. The van der Waals surface area contributed by atoms with Gasteiger partial charge in [-0.3, -0.25) is 9.59 Å². The quantitative estimate of drug-likeness (QED) is 0.764. The topological polar surface area (TPSA) is 72.5 Å². The Labute approximate surface area is 163 Å². The summed E-state index contributed by atoms with van der Waals surface area (Å²) in [5.74, 6) is 1.41. The van der Waals surface area contributed by atoms with Crippen LogP contribution in [0.5, 0.6) is 0 Å². The van der Waals surface area contributed by atoms with E-state index >= 15 is 0 Å². The molecule has 0 radical (unpaired) electrons. The maximum atomic E-state index is 13.0. The molecule has 5 nitrogen and oxygen atoms in total. The smallest absolute Gasteiger partial charge is 0.341 e. The van der Waals surface area contributed by atoms with Crippen LogP contribution in [0.25, 0.3) is 0 Å². The summed E-state index contributed by atoms with van der Waals surface area (Å²) in [5.41, 5.74) is 0.928. The Kier molecular flexibility index (Phi) is 4.65. The third-order valence-electron chi connectivity index (χ3n) is 6.84. The third-order valence-corrected chi connectivity index (χ3v) is 7.97. The van der Waals surface area contributed by atoms with Gasteiger partial charge in [-0.2, -0.15) is 0 Å². The Balaban J connectivity index is 1.46. The van der Waals surface area contributed by atoms with Crippen molar-refractivity contribution in [1.82, 2.24) is 0 Å². The number of carbonyl (C=O) groups is 3. The fourth-order valence-electron chi connectivity index (χ4n) is 5.93. The number of ether oxygens (including phenoxy) is 1. The Morgan fingerprint density at radius 1 is 1.07 bits per heavy atom. The molecule has 1 amide bonds. The zero-order valence-corrected chi connectivity index (χ0v) is 17.0. The SMILES string of the molecule is CC(=O)Nc1sc(C)c(C)c1C(=O)OCC(=O)C12CC3CC(CC(C3)C1)C2. The standard InChI is InChI=1S/C21H27NO4S/c1-11-12(2)27-19(22-13(3)23)18(11)20(25)26-10-17(24)21-7-14-4-15(8-21)6-16(5-14)9-21/h14-16H,4-10H2,1-3H3,(H,22,23). The lowest BCUT2D eigenvalue weighted by molar-refractivity contribution is -0.147. The summed E-state index contributed by atoms with van der Waals surface area (Å²) in [6, 6.07) is 0. The summed E-state index contributed by atoms with van der Waals surface area (Å²) in [7, 11) is 0. The van der Waals surface area contributed by atoms with Crippen molar-refractivity contribution in [2.75, 3.05) is 11.9 Å². The molecule has 6 heteroatoms. The highest BCUT2D eigenvalue weighted by atomic mass is 32.1. The Bertz CT molecular complexity index is 774. The van der Waals surface area contributed by atoms with Gasteiger partial charge in [0.25, 0.3) is 0 Å². The van der Waals surface area contributed by atoms with E-state index in [1.807, 2.05) is 13.8 Å². The molecular formula is C21H27NO4S. The minimum atomic E-state index is -0.515. The Morgan fingerprint density at radius 2 is 1.63 bits per heavy atom. The number of hydrogen-bond donors (Lipinski definition) is 1. The number of esters is 1. The molecule has 0 spiro atoms. The van der Waals surface area contributed by atoms with Gasteiger partial charge in [0.2, 0.25) is 5.91 Å². The largest absolute Gasteiger partial charge is 0.454 e. The number of aryl methyl sites for hydroxylation is 1. The summed E-state index contributed by atoms with van der Waals surface area (Å²) in [6.45, 7) is 5.01. The minimum Gasteiger partial charge on any atom is -0.454 e. The predicted molar refractivity (Wildman–Crippen MR) is 104 cm³/mol. The van der Waals surface area contributed by atoms with Crippen LogP contribution in [0.1, 0.15) is 66.2 Å². The van der Waals surface area contributed by atoms with Crippen molar-refractivity contribution < 1.29 is 19.1 Å². The fourth-order valence-corrected chi connectivity index (χ4v) is 7.02. The molecule has 4 bridgehead atoms. The highest BCUT2D eigenvalue weighted by molar-refractivity contribution is 7.16. The van der Waals surface area contributed by atoms with Crippen molar-refractivity contribution in [3.63, 3.8) is 0 Å². The lowest BCUT2D eigenvalue weighted by atomic mass is 9.48. The molecule has 0 atom stereocenters. The zero-order chi connectivity index (χ0) is 19.3. The molecule has 0 aliphatic heterocycles. The van der Waals surface area contributed by atoms with E-state index in [0.29, 0.717) is 28.3 Å². The van der Waals surface area contributed by atoms with Gasteiger partial charge in [-0.05, 0) is 75.7 Å². The zero-order valence-electron chi connectivity index (χ0n) is 16.2. The third kappa shape index (κ3) is 3.33. The highest BCUT2D eigenvalue weighted by Crippen LogP contribution is 2.60. The number of rotatable bonds is 5. The summed E-state index contributed by atoms with van der Waals surface area (Å²) in [5, 5.41) is 3.21. The summed E-state index contributed by atoms with van der Waals surface area (Å²) in [4.78, 5) is 38.1. The molecule has 1 heterocycles. The van der Waals surface area contributed by atoms with Crippen LogP contribution in [0, 0.1) is 37.0 Å². The van der Waals surface area contributed by atoms with Gasteiger partial charge < -0.3 is 10.1 Å². The number of thiophene rings is 1. The average Bonchev–Trinajstić information content (AvgIpc) is 2.84. The van der Waals surface area contributed by atoms with E-state index in [1.54, 1.807) is 0 Å². The maximum absolute atomic E-state index is 13.0. The van der Waals surface area contributed by atoms with Gasteiger partial charge in [0.15, 0.2) is 12.4 Å². The molecule has 4 aliphatic rings. The first-order valence-corrected chi connectivity index (χ1v) is 10.7. The monoisotopic (exact) mass is 389 g/mol. The van der Waals surface area contributed by atoms with E-state index < -0.39 is 5.97 Å². The molecule has 1 aromatic rings. The van der Waals surface area contributed by atoms with Crippen LogP contribution < -0.4 is 5.32 Å². The first-order valence-electron chi connectivity index (χ1n) is 9.85. The summed E-state index contributed by atoms with van der Waals surface area (Å²) in [6.07, 6.45) is 6.76. The van der Waals surface area contributed by atoms with E-state index in [9.17, 15) is 14.4 Å². The van der Waals surface area contributed by atoms with Gasteiger partial charge in [-0.15, -0.1) is 11.3 Å². The van der Waals surface area contributed by atoms with Crippen LogP contribution in [0.2, 0.25) is 0 Å². The fraction of sp³-hybridized carbons (Fsp3) is 0.667. The molecule has 4 fully saturated rings. The Morgan fingerprint density at radius 3 is 2.15 bits per heavy atom. The van der Waals surface area contributed by atoms with Gasteiger partial charge in [-0.1, -0.05) is 0 Å². The second-order valence-corrected chi connectivity index (χ2v) is 10.1. The number of nitrogens with one attached hydrogen (secondary N) is 1. The number of anilines is 1. The van der Waals surface area contributed by atoms with Crippen molar-refractivity contribution in [2.24, 2.45) is 23.2 Å². The number of amides is 1. The van der Waals surface area contributed by atoms with Gasteiger partial charge in [-0.25, -0.2) is 4.79 Å². The molecule has 4 saturated carbocycles. The molecule has 4 aliphatic carbocycles. The van der Waals surface area contributed by atoms with Crippen molar-refractivity contribution in [3.05, 3.63) is 16.0 Å². The molecule has 0 aromatic carbocycles. The van der Waals surface area contributed by atoms with Crippen molar-refractivity contribution >= 4 is 34.0 Å². The molecule has 146 valence electrons. The second kappa shape index (κ2) is 6.73. The molecular weight excluding hydrogens is 362 g/mol. The van der Waals surface area contributed by atoms with E-state index in [4.69, 9.17) is 4.74 Å². The van der Waals surface area contributed by atoms with Crippen molar-refractivity contribution in [2.45, 2.75) is 59.3 Å². The maximum Gasteiger partial charge on any atom is 0.341 e. The van der Waals surface area contributed by atoms with Gasteiger partial charge >= 0.3 is 5.97 Å². The van der Waals surface area contributed by atoms with E-state index in [-0.39, 0.29) is 23.7 Å². The van der Waals surface area contributed by atoms with Crippen LogP contribution in [0.15, 0.2) is 0 Å². The molecule has 5 rings (SSSR count). The Hall–Kier alpha value is -1.69. The van der Waals surface area contributed by atoms with E-state index in [1.165, 1.54) is 37.5 Å². The summed E-state index contributed by atoms with van der Waals surface area (Å²) >= 11 is 1.36. The van der Waals surface area contributed by atoms with Crippen molar-refractivity contribution in [1.29, 1.82) is 0 Å². The second-order valence-electron chi connectivity index (χ2n) is 8.87. The lowest BCUT2D eigenvalue weighted by Gasteiger charge is -2.55. The number of ketones is 1. The van der Waals surface area contributed by atoms with E-state index in [0.717, 1.165) is 29.7 Å². The first kappa shape index (κ1) is 18.7. The van der Waals surface area contributed by atoms with E-state index in [2.05, 4.69) is 5.32 Å². The molecule has 27 heavy (non-hydrogen) atoms. The molecule has 1 aromatic heterocycles. The van der Waals surface area contributed by atoms with Crippen molar-refractivity contribution in [3.8, 4) is 0 Å². The number of Topliss-reactive ketones (excluding diaryl/α,β-unsaturated/α-hetero) is 1. The number of carbonyl (C=O) groups excluding carboxylic acids is 3. The molecule has 0 saturated heterocycles. The normalized spacial score (nSPS) is 31.0. The van der Waals surface area contributed by atoms with Crippen LogP contribution in [0.3, 0.4) is 0 Å². The molecule has 1 N–H and O–H groups in total.